The highest BCUT2D eigenvalue weighted by atomic mass is 16.5. The zero-order chi connectivity index (χ0) is 26.3. The zero-order valence-electron chi connectivity index (χ0n) is 21.3. The number of rotatable bonds is 14. The highest BCUT2D eigenvalue weighted by Crippen LogP contribution is 2.21. The fourth-order valence-electron chi connectivity index (χ4n) is 4.29. The zero-order valence-corrected chi connectivity index (χ0v) is 21.3. The van der Waals surface area contributed by atoms with Gasteiger partial charge in [0.25, 0.3) is 0 Å². The van der Waals surface area contributed by atoms with Crippen LogP contribution in [0.4, 0.5) is 5.69 Å². The number of hydrogen-bond donors (Lipinski definition) is 3. The third-order valence-corrected chi connectivity index (χ3v) is 6.40. The van der Waals surface area contributed by atoms with Gasteiger partial charge in [-0.3, -0.25) is 19.8 Å². The molecule has 0 spiro atoms. The van der Waals surface area contributed by atoms with E-state index in [1.165, 1.54) is 0 Å². The van der Waals surface area contributed by atoms with Crippen LogP contribution in [0, 0.1) is 0 Å². The van der Waals surface area contributed by atoms with Crippen LogP contribution < -0.4 is 10.8 Å². The Morgan fingerprint density at radius 3 is 2.14 bits per heavy atom. The number of amides is 2. The van der Waals surface area contributed by atoms with Gasteiger partial charge in [0, 0.05) is 24.9 Å². The molecule has 0 heterocycles. The van der Waals surface area contributed by atoms with Crippen LogP contribution in [0.5, 0.6) is 0 Å². The number of anilines is 1. The molecule has 2 aromatic rings. The summed E-state index contributed by atoms with van der Waals surface area (Å²) in [5.74, 6) is -0.779. The van der Waals surface area contributed by atoms with Gasteiger partial charge in [-0.25, -0.2) is 10.3 Å². The van der Waals surface area contributed by atoms with Crippen LogP contribution in [-0.4, -0.2) is 34.8 Å². The van der Waals surface area contributed by atoms with Gasteiger partial charge in [-0.15, -0.1) is 0 Å². The van der Waals surface area contributed by atoms with Crippen molar-refractivity contribution in [3.8, 4) is 0 Å². The molecule has 2 amide bonds. The molecule has 2 aromatic carbocycles. The molecule has 1 saturated carbocycles. The van der Waals surface area contributed by atoms with Crippen molar-refractivity contribution in [2.75, 3.05) is 5.32 Å². The van der Waals surface area contributed by atoms with Gasteiger partial charge >= 0.3 is 5.97 Å². The van der Waals surface area contributed by atoms with Gasteiger partial charge < -0.3 is 10.1 Å². The number of hydrogen-bond acceptors (Lipinski definition) is 6. The van der Waals surface area contributed by atoms with Crippen LogP contribution in [0.2, 0.25) is 0 Å². The first-order valence-electron chi connectivity index (χ1n) is 13.1. The summed E-state index contributed by atoms with van der Waals surface area (Å²) in [6.45, 7) is 0.352. The number of esters is 1. The van der Waals surface area contributed by atoms with Gasteiger partial charge in [0.15, 0.2) is 0 Å². The van der Waals surface area contributed by atoms with E-state index in [0.29, 0.717) is 37.2 Å². The fraction of sp³-hybridized carbons (Fsp3) is 0.448. The number of aliphatic imine (C=N–C) groups is 1. The number of carbonyl (C=O) groups excluding carboxylic acids is 3. The molecule has 0 unspecified atom stereocenters. The lowest BCUT2D eigenvalue weighted by molar-refractivity contribution is -0.140. The Labute approximate surface area is 218 Å². The first kappa shape index (κ1) is 28.1. The molecule has 0 atom stereocenters. The van der Waals surface area contributed by atoms with E-state index in [-0.39, 0.29) is 30.3 Å². The smallest absolute Gasteiger partial charge is 0.352 e. The first-order valence-corrected chi connectivity index (χ1v) is 13.1. The highest BCUT2D eigenvalue weighted by molar-refractivity contribution is 6.37. The lowest BCUT2D eigenvalue weighted by Gasteiger charge is -2.13. The standard InChI is InChI=1S/C29H37N3O5/c33-27(14-6-1-2-7-15-28(34)32-36)31-24-18-16-23(17-19-24)21-30-26(20-22-10-4-3-5-11-22)29(35)37-25-12-8-9-13-25/h3-5,10-11,16-19,25,36H,1-2,6-9,12-15,20-21H2,(H,31,33)(H,32,34). The molecular formula is C29H37N3O5. The Morgan fingerprint density at radius 1 is 0.838 bits per heavy atom. The molecule has 1 aliphatic carbocycles. The third-order valence-electron chi connectivity index (χ3n) is 6.40. The van der Waals surface area contributed by atoms with E-state index in [4.69, 9.17) is 9.94 Å². The van der Waals surface area contributed by atoms with Gasteiger partial charge in [-0.05, 0) is 61.8 Å². The van der Waals surface area contributed by atoms with Gasteiger partial charge in [-0.2, -0.15) is 0 Å². The predicted molar refractivity (Wildman–Crippen MR) is 142 cm³/mol. The second-order valence-electron chi connectivity index (χ2n) is 9.43. The maximum Gasteiger partial charge on any atom is 0.352 e. The van der Waals surface area contributed by atoms with Crippen molar-refractivity contribution in [3.63, 3.8) is 0 Å². The monoisotopic (exact) mass is 507 g/mol. The van der Waals surface area contributed by atoms with Gasteiger partial charge in [0.2, 0.25) is 11.8 Å². The molecule has 1 aliphatic rings. The number of hydroxylamine groups is 1. The molecule has 0 radical (unpaired) electrons. The number of unbranched alkanes of at least 4 members (excludes halogenated alkanes) is 3. The number of nitrogens with zero attached hydrogens (tertiary/aromatic N) is 1. The summed E-state index contributed by atoms with van der Waals surface area (Å²) < 4.78 is 5.72. The molecular weight excluding hydrogens is 470 g/mol. The van der Waals surface area contributed by atoms with Crippen LogP contribution in [0.25, 0.3) is 0 Å². The fourth-order valence-corrected chi connectivity index (χ4v) is 4.29. The van der Waals surface area contributed by atoms with Crippen molar-refractivity contribution in [2.24, 2.45) is 4.99 Å². The topological polar surface area (TPSA) is 117 Å². The Hall–Kier alpha value is -3.52. The molecule has 3 rings (SSSR count). The SMILES string of the molecule is O=C(CCCCCCC(=O)Nc1ccc(CN=C(Cc2ccccc2)C(=O)OC2CCCC2)cc1)NO. The Balaban J connectivity index is 1.48. The first-order chi connectivity index (χ1) is 18.0. The van der Waals surface area contributed by atoms with Crippen LogP contribution in [-0.2, 0) is 32.1 Å². The molecule has 8 nitrogen and oxygen atoms in total. The lowest BCUT2D eigenvalue weighted by atomic mass is 10.1. The summed E-state index contributed by atoms with van der Waals surface area (Å²) in [7, 11) is 0. The van der Waals surface area contributed by atoms with Crippen LogP contribution in [0.3, 0.4) is 0 Å². The number of benzene rings is 2. The summed E-state index contributed by atoms with van der Waals surface area (Å²) in [5.41, 5.74) is 4.70. The Bertz CT molecular complexity index is 1030. The molecule has 3 N–H and O–H groups in total. The summed E-state index contributed by atoms with van der Waals surface area (Å²) >= 11 is 0. The molecule has 0 aliphatic heterocycles. The van der Waals surface area contributed by atoms with Crippen molar-refractivity contribution < 1.29 is 24.3 Å². The Morgan fingerprint density at radius 2 is 1.49 bits per heavy atom. The molecule has 0 aromatic heterocycles. The molecule has 37 heavy (non-hydrogen) atoms. The van der Waals surface area contributed by atoms with Crippen molar-refractivity contribution in [1.29, 1.82) is 0 Å². The minimum Gasteiger partial charge on any atom is -0.458 e. The van der Waals surface area contributed by atoms with Gasteiger partial charge in [0.05, 0.1) is 6.54 Å². The van der Waals surface area contributed by atoms with Crippen LogP contribution >= 0.6 is 0 Å². The van der Waals surface area contributed by atoms with Crippen molar-refractivity contribution in [2.45, 2.75) is 83.3 Å². The average molecular weight is 508 g/mol. The van der Waals surface area contributed by atoms with Crippen molar-refractivity contribution >= 4 is 29.2 Å². The molecule has 0 bridgehead atoms. The summed E-state index contributed by atoms with van der Waals surface area (Å²) in [5, 5.41) is 11.4. The van der Waals surface area contributed by atoms with Crippen LogP contribution in [0.15, 0.2) is 59.6 Å². The maximum absolute atomic E-state index is 12.9. The van der Waals surface area contributed by atoms with E-state index in [0.717, 1.165) is 56.1 Å². The third kappa shape index (κ3) is 10.6. The molecule has 198 valence electrons. The van der Waals surface area contributed by atoms with E-state index in [1.54, 1.807) is 5.48 Å². The lowest BCUT2D eigenvalue weighted by Crippen LogP contribution is -2.24. The van der Waals surface area contributed by atoms with E-state index in [9.17, 15) is 14.4 Å². The quantitative estimate of drug-likeness (QED) is 0.108. The minimum absolute atomic E-state index is 0.0101. The summed E-state index contributed by atoms with van der Waals surface area (Å²) in [6, 6.07) is 17.3. The predicted octanol–water partition coefficient (Wildman–Crippen LogP) is 5.14. The second-order valence-corrected chi connectivity index (χ2v) is 9.43. The largest absolute Gasteiger partial charge is 0.458 e. The van der Waals surface area contributed by atoms with Crippen LogP contribution in [0.1, 0.15) is 75.3 Å². The summed E-state index contributed by atoms with van der Waals surface area (Å²) in [4.78, 5) is 40.7. The number of carbonyl (C=O) groups is 3. The number of nitrogens with one attached hydrogen (secondary N) is 2. The average Bonchev–Trinajstić information content (AvgIpc) is 3.42. The second kappa shape index (κ2) is 15.6. The normalized spacial score (nSPS) is 13.8. The van der Waals surface area contributed by atoms with E-state index < -0.39 is 0 Å². The molecule has 1 fully saturated rings. The van der Waals surface area contributed by atoms with E-state index in [2.05, 4.69) is 10.3 Å². The van der Waals surface area contributed by atoms with Gasteiger partial charge in [-0.1, -0.05) is 55.3 Å². The molecule has 8 heteroatoms. The highest BCUT2D eigenvalue weighted by Gasteiger charge is 2.22. The van der Waals surface area contributed by atoms with E-state index in [1.807, 2.05) is 54.6 Å². The van der Waals surface area contributed by atoms with Gasteiger partial charge in [0.1, 0.15) is 11.8 Å². The van der Waals surface area contributed by atoms with E-state index >= 15 is 0 Å². The molecule has 0 saturated heterocycles. The number of ether oxygens (including phenoxy) is 1. The van der Waals surface area contributed by atoms with Crippen molar-refractivity contribution in [3.05, 3.63) is 65.7 Å². The summed E-state index contributed by atoms with van der Waals surface area (Å²) in [6.07, 6.45) is 8.23. The van der Waals surface area contributed by atoms with Crippen molar-refractivity contribution in [1.82, 2.24) is 5.48 Å². The minimum atomic E-state index is -0.386. The maximum atomic E-state index is 12.9. The Kier molecular flexibility index (Phi) is 11.8.